The summed E-state index contributed by atoms with van der Waals surface area (Å²) in [6, 6.07) is 12.9. The maximum atomic E-state index is 12.4. The van der Waals surface area contributed by atoms with E-state index in [9.17, 15) is 4.79 Å². The Kier molecular flexibility index (Phi) is 3.78. The van der Waals surface area contributed by atoms with Crippen LogP contribution in [0.4, 0.5) is 5.69 Å². The number of amides is 1. The SMILES string of the molecule is Cc1cc(C)c2c(c1)[C@H](Cc1ccc(C(C)C)cc1)C(=O)N2. The molecule has 0 radical (unpaired) electrons. The molecule has 1 amide bonds. The largest absolute Gasteiger partial charge is 0.325 e. The zero-order chi connectivity index (χ0) is 15.9. The van der Waals surface area contributed by atoms with Gasteiger partial charge < -0.3 is 5.32 Å². The molecule has 1 aliphatic rings. The van der Waals surface area contributed by atoms with Gasteiger partial charge in [-0.25, -0.2) is 0 Å². The Balaban J connectivity index is 1.89. The predicted octanol–water partition coefficient (Wildman–Crippen LogP) is 4.71. The van der Waals surface area contributed by atoms with Crippen LogP contribution in [0.1, 0.15) is 53.5 Å². The van der Waals surface area contributed by atoms with Gasteiger partial charge in [-0.1, -0.05) is 55.8 Å². The first-order chi connectivity index (χ1) is 10.5. The number of nitrogens with one attached hydrogen (secondary N) is 1. The van der Waals surface area contributed by atoms with Crippen molar-refractivity contribution in [2.24, 2.45) is 0 Å². The average Bonchev–Trinajstić information content (AvgIpc) is 2.77. The molecule has 0 bridgehead atoms. The second-order valence-corrected chi connectivity index (χ2v) is 6.69. The van der Waals surface area contributed by atoms with E-state index in [1.807, 2.05) is 0 Å². The van der Waals surface area contributed by atoms with E-state index < -0.39 is 0 Å². The van der Waals surface area contributed by atoms with Gasteiger partial charge in [0.1, 0.15) is 0 Å². The summed E-state index contributed by atoms with van der Waals surface area (Å²) in [6.45, 7) is 8.54. The summed E-state index contributed by atoms with van der Waals surface area (Å²) >= 11 is 0. The molecular weight excluding hydrogens is 270 g/mol. The topological polar surface area (TPSA) is 29.1 Å². The Labute approximate surface area is 132 Å². The minimum atomic E-state index is -0.0708. The van der Waals surface area contributed by atoms with Crippen LogP contribution in [0.25, 0.3) is 0 Å². The van der Waals surface area contributed by atoms with E-state index in [1.165, 1.54) is 16.7 Å². The molecule has 1 heterocycles. The zero-order valence-corrected chi connectivity index (χ0v) is 13.7. The van der Waals surface area contributed by atoms with E-state index in [0.717, 1.165) is 23.2 Å². The molecule has 2 aromatic carbocycles. The number of rotatable bonds is 3. The Bertz CT molecular complexity index is 713. The molecule has 0 fully saturated rings. The number of hydrogen-bond donors (Lipinski definition) is 1. The van der Waals surface area contributed by atoms with Gasteiger partial charge in [0.25, 0.3) is 0 Å². The Hall–Kier alpha value is -2.09. The van der Waals surface area contributed by atoms with Crippen LogP contribution in [-0.2, 0) is 11.2 Å². The van der Waals surface area contributed by atoms with Gasteiger partial charge in [-0.3, -0.25) is 4.79 Å². The van der Waals surface area contributed by atoms with Crippen LogP contribution in [0.15, 0.2) is 36.4 Å². The van der Waals surface area contributed by atoms with Crippen molar-refractivity contribution in [2.75, 3.05) is 5.32 Å². The van der Waals surface area contributed by atoms with E-state index in [0.29, 0.717) is 5.92 Å². The molecule has 0 unspecified atom stereocenters. The molecule has 2 nitrogen and oxygen atoms in total. The Morgan fingerprint density at radius 2 is 1.77 bits per heavy atom. The molecule has 1 atom stereocenters. The highest BCUT2D eigenvalue weighted by molar-refractivity contribution is 6.04. The number of carbonyl (C=O) groups excluding carboxylic acids is 1. The maximum Gasteiger partial charge on any atom is 0.232 e. The lowest BCUT2D eigenvalue weighted by atomic mass is 9.90. The molecule has 1 aliphatic heterocycles. The van der Waals surface area contributed by atoms with Crippen LogP contribution < -0.4 is 5.32 Å². The van der Waals surface area contributed by atoms with Crippen molar-refractivity contribution in [3.63, 3.8) is 0 Å². The second kappa shape index (κ2) is 5.60. The third kappa shape index (κ3) is 2.66. The molecule has 3 rings (SSSR count). The monoisotopic (exact) mass is 293 g/mol. The van der Waals surface area contributed by atoms with Crippen LogP contribution in [-0.4, -0.2) is 5.91 Å². The number of fused-ring (bicyclic) bond motifs is 1. The number of anilines is 1. The van der Waals surface area contributed by atoms with Gasteiger partial charge in [-0.2, -0.15) is 0 Å². The Morgan fingerprint density at radius 1 is 1.09 bits per heavy atom. The Morgan fingerprint density at radius 3 is 2.41 bits per heavy atom. The molecule has 2 aromatic rings. The predicted molar refractivity (Wildman–Crippen MR) is 91.5 cm³/mol. The molecule has 0 aromatic heterocycles. The molecule has 1 N–H and O–H groups in total. The van der Waals surface area contributed by atoms with Crippen LogP contribution in [0.5, 0.6) is 0 Å². The van der Waals surface area contributed by atoms with Crippen molar-refractivity contribution in [2.45, 2.75) is 46.0 Å². The van der Waals surface area contributed by atoms with Crippen molar-refractivity contribution < 1.29 is 4.79 Å². The van der Waals surface area contributed by atoms with E-state index in [4.69, 9.17) is 0 Å². The molecular formula is C20H23NO. The van der Waals surface area contributed by atoms with Crippen molar-refractivity contribution in [1.82, 2.24) is 0 Å². The third-order valence-corrected chi connectivity index (χ3v) is 4.54. The van der Waals surface area contributed by atoms with E-state index in [1.54, 1.807) is 0 Å². The third-order valence-electron chi connectivity index (χ3n) is 4.54. The van der Waals surface area contributed by atoms with Crippen LogP contribution >= 0.6 is 0 Å². The zero-order valence-electron chi connectivity index (χ0n) is 13.7. The van der Waals surface area contributed by atoms with Crippen LogP contribution in [0.3, 0.4) is 0 Å². The molecule has 0 saturated carbocycles. The lowest BCUT2D eigenvalue weighted by molar-refractivity contribution is -0.117. The smallest absolute Gasteiger partial charge is 0.232 e. The molecule has 22 heavy (non-hydrogen) atoms. The fourth-order valence-corrected chi connectivity index (χ4v) is 3.27. The summed E-state index contributed by atoms with van der Waals surface area (Å²) in [7, 11) is 0. The summed E-state index contributed by atoms with van der Waals surface area (Å²) in [5.74, 6) is 0.588. The standard InChI is InChI=1S/C20H23NO/c1-12(2)16-7-5-15(6-8-16)11-18-17-10-13(3)9-14(4)19(17)21-20(18)22/h5-10,12,18H,11H2,1-4H3,(H,21,22)/t18-/m0/s1. The normalized spacial score (nSPS) is 16.8. The van der Waals surface area contributed by atoms with Gasteiger partial charge in [0.2, 0.25) is 5.91 Å². The van der Waals surface area contributed by atoms with E-state index >= 15 is 0 Å². The first kappa shape index (κ1) is 14.8. The average molecular weight is 293 g/mol. The van der Waals surface area contributed by atoms with Gasteiger partial charge in [-0.15, -0.1) is 0 Å². The fourth-order valence-electron chi connectivity index (χ4n) is 3.27. The van der Waals surface area contributed by atoms with E-state index in [2.05, 4.69) is 69.4 Å². The highest BCUT2D eigenvalue weighted by Crippen LogP contribution is 2.37. The summed E-state index contributed by atoms with van der Waals surface area (Å²) in [5, 5.41) is 3.05. The highest BCUT2D eigenvalue weighted by atomic mass is 16.2. The van der Waals surface area contributed by atoms with Crippen LogP contribution in [0.2, 0.25) is 0 Å². The van der Waals surface area contributed by atoms with Crippen molar-refractivity contribution >= 4 is 11.6 Å². The summed E-state index contributed by atoms with van der Waals surface area (Å²) < 4.78 is 0. The first-order valence-electron chi connectivity index (χ1n) is 7.96. The quantitative estimate of drug-likeness (QED) is 0.872. The van der Waals surface area contributed by atoms with Crippen LogP contribution in [0, 0.1) is 13.8 Å². The molecule has 0 spiro atoms. The van der Waals surface area contributed by atoms with Crippen molar-refractivity contribution in [3.05, 3.63) is 64.2 Å². The minimum absolute atomic E-state index is 0.0708. The maximum absolute atomic E-state index is 12.4. The lowest BCUT2D eigenvalue weighted by Gasteiger charge is -2.12. The van der Waals surface area contributed by atoms with Gasteiger partial charge in [0, 0.05) is 5.69 Å². The van der Waals surface area contributed by atoms with Gasteiger partial charge in [0.05, 0.1) is 5.92 Å². The van der Waals surface area contributed by atoms with Gasteiger partial charge in [-0.05, 0) is 48.4 Å². The van der Waals surface area contributed by atoms with Crippen molar-refractivity contribution in [1.29, 1.82) is 0 Å². The van der Waals surface area contributed by atoms with E-state index in [-0.39, 0.29) is 11.8 Å². The van der Waals surface area contributed by atoms with Crippen molar-refractivity contribution in [3.8, 4) is 0 Å². The minimum Gasteiger partial charge on any atom is -0.325 e. The summed E-state index contributed by atoms with van der Waals surface area (Å²) in [6.07, 6.45) is 0.764. The highest BCUT2D eigenvalue weighted by Gasteiger charge is 2.31. The molecule has 114 valence electrons. The molecule has 0 saturated heterocycles. The van der Waals surface area contributed by atoms with Gasteiger partial charge in [0.15, 0.2) is 0 Å². The number of carbonyl (C=O) groups is 1. The summed E-state index contributed by atoms with van der Waals surface area (Å²) in [5.41, 5.74) is 7.09. The molecule has 2 heteroatoms. The fraction of sp³-hybridized carbons (Fsp3) is 0.350. The number of hydrogen-bond acceptors (Lipinski definition) is 1. The van der Waals surface area contributed by atoms with Gasteiger partial charge >= 0.3 is 0 Å². The first-order valence-corrected chi connectivity index (χ1v) is 7.96. The second-order valence-electron chi connectivity index (χ2n) is 6.69. The summed E-state index contributed by atoms with van der Waals surface area (Å²) in [4.78, 5) is 12.4. The lowest BCUT2D eigenvalue weighted by Crippen LogP contribution is -2.14. The number of aryl methyl sites for hydroxylation is 2. The number of benzene rings is 2. The molecule has 0 aliphatic carbocycles.